The van der Waals surface area contributed by atoms with Crippen LogP contribution in [0, 0.1) is 11.3 Å². The molecule has 0 aliphatic heterocycles. The summed E-state index contributed by atoms with van der Waals surface area (Å²) in [4.78, 5) is 6.27. The highest BCUT2D eigenvalue weighted by Gasteiger charge is 2.20. The number of hydrogen-bond acceptors (Lipinski definition) is 5. The fourth-order valence-corrected chi connectivity index (χ4v) is 5.33. The fourth-order valence-electron chi connectivity index (χ4n) is 3.98. The number of nitriles is 1. The van der Waals surface area contributed by atoms with Crippen molar-refractivity contribution in [2.24, 2.45) is 4.99 Å². The van der Waals surface area contributed by atoms with Crippen molar-refractivity contribution in [2.75, 3.05) is 7.11 Å². The van der Waals surface area contributed by atoms with Crippen LogP contribution < -0.4 is 10.1 Å². The van der Waals surface area contributed by atoms with Crippen molar-refractivity contribution >= 4 is 38.9 Å². The van der Waals surface area contributed by atoms with Gasteiger partial charge in [-0.15, -0.1) is 11.3 Å². The van der Waals surface area contributed by atoms with E-state index in [9.17, 15) is 5.26 Å². The highest BCUT2D eigenvalue weighted by atomic mass is 35.5. The Labute approximate surface area is 189 Å². The zero-order valence-electron chi connectivity index (χ0n) is 16.9. The second kappa shape index (κ2) is 8.22. The molecule has 0 amide bonds. The summed E-state index contributed by atoms with van der Waals surface area (Å²) in [5.41, 5.74) is 3.50. The Morgan fingerprint density at radius 1 is 1.10 bits per heavy atom. The van der Waals surface area contributed by atoms with E-state index in [4.69, 9.17) is 25.7 Å². The van der Waals surface area contributed by atoms with Gasteiger partial charge >= 0.3 is 0 Å². The van der Waals surface area contributed by atoms with Crippen LogP contribution in [-0.2, 0) is 12.8 Å². The summed E-state index contributed by atoms with van der Waals surface area (Å²) in [5, 5.41) is 12.9. The van der Waals surface area contributed by atoms with E-state index in [0.29, 0.717) is 21.9 Å². The summed E-state index contributed by atoms with van der Waals surface area (Å²) in [7, 11) is 1.64. The molecule has 2 aromatic heterocycles. The standard InChI is InChI=1S/C25H19ClN2O2S/c1-29-17-10-11-22-19(12-17)21(13-23(30-22)15-6-8-16(26)9-7-15)28-25-20(14-27)18-4-2-3-5-24(18)31-25/h6-13H,2-5H2,1H3. The monoisotopic (exact) mass is 446 g/mol. The highest BCUT2D eigenvalue weighted by molar-refractivity contribution is 7.16. The Balaban J connectivity index is 1.78. The zero-order valence-corrected chi connectivity index (χ0v) is 18.5. The van der Waals surface area contributed by atoms with Crippen molar-refractivity contribution in [3.63, 3.8) is 0 Å². The van der Waals surface area contributed by atoms with Gasteiger partial charge in [-0.25, -0.2) is 4.99 Å². The van der Waals surface area contributed by atoms with Crippen LogP contribution >= 0.6 is 22.9 Å². The first kappa shape index (κ1) is 19.9. The molecule has 0 fully saturated rings. The number of fused-ring (bicyclic) bond motifs is 2. The molecule has 0 radical (unpaired) electrons. The number of benzene rings is 2. The number of ether oxygens (including phenoxy) is 1. The number of halogens is 1. The number of aryl methyl sites for hydroxylation is 1. The van der Waals surface area contributed by atoms with E-state index in [1.165, 1.54) is 16.9 Å². The minimum absolute atomic E-state index is 0.669. The minimum atomic E-state index is 0.669. The van der Waals surface area contributed by atoms with E-state index < -0.39 is 0 Å². The number of thiophene rings is 1. The summed E-state index contributed by atoms with van der Waals surface area (Å²) in [6.45, 7) is 0. The van der Waals surface area contributed by atoms with Crippen LogP contribution in [0.3, 0.4) is 0 Å². The van der Waals surface area contributed by atoms with Crippen molar-refractivity contribution in [2.45, 2.75) is 25.7 Å². The SMILES string of the molecule is COc1ccc2oc(-c3ccc(Cl)cc3)cc(=Nc3sc4c(c3C#N)CCCC4)c2c1. The largest absolute Gasteiger partial charge is 0.497 e. The van der Waals surface area contributed by atoms with E-state index in [-0.39, 0.29) is 0 Å². The molecule has 31 heavy (non-hydrogen) atoms. The molecule has 0 N–H and O–H groups in total. The van der Waals surface area contributed by atoms with E-state index in [1.54, 1.807) is 18.4 Å². The lowest BCUT2D eigenvalue weighted by atomic mass is 9.96. The Hall–Kier alpha value is -3.07. The molecule has 2 aromatic carbocycles. The topological polar surface area (TPSA) is 58.5 Å². The highest BCUT2D eigenvalue weighted by Crippen LogP contribution is 2.39. The molecule has 6 heteroatoms. The quantitative estimate of drug-likeness (QED) is 0.347. The smallest absolute Gasteiger partial charge is 0.137 e. The van der Waals surface area contributed by atoms with Gasteiger partial charge in [-0.2, -0.15) is 5.26 Å². The van der Waals surface area contributed by atoms with Crippen LogP contribution in [0.4, 0.5) is 5.00 Å². The molecule has 2 heterocycles. The second-order valence-corrected chi connectivity index (χ2v) is 9.00. The van der Waals surface area contributed by atoms with Crippen LogP contribution in [-0.4, -0.2) is 7.11 Å². The third-order valence-corrected chi connectivity index (χ3v) is 7.00. The second-order valence-electron chi connectivity index (χ2n) is 7.48. The zero-order chi connectivity index (χ0) is 21.4. The Morgan fingerprint density at radius 3 is 2.68 bits per heavy atom. The Bertz CT molecular complexity index is 1390. The Morgan fingerprint density at radius 2 is 1.90 bits per heavy atom. The maximum absolute atomic E-state index is 9.84. The average Bonchev–Trinajstić information content (AvgIpc) is 3.16. The molecule has 0 atom stereocenters. The summed E-state index contributed by atoms with van der Waals surface area (Å²) < 4.78 is 11.6. The molecule has 0 saturated carbocycles. The van der Waals surface area contributed by atoms with Crippen LogP contribution in [0.5, 0.6) is 5.75 Å². The van der Waals surface area contributed by atoms with Crippen LogP contribution in [0.1, 0.15) is 28.8 Å². The molecular weight excluding hydrogens is 428 g/mol. The third kappa shape index (κ3) is 3.74. The molecule has 0 spiro atoms. The molecule has 1 aliphatic rings. The molecule has 4 nitrogen and oxygen atoms in total. The number of rotatable bonds is 3. The molecule has 0 unspecified atom stereocenters. The predicted molar refractivity (Wildman–Crippen MR) is 124 cm³/mol. The van der Waals surface area contributed by atoms with Gasteiger partial charge in [-0.3, -0.25) is 0 Å². The molecule has 5 rings (SSSR count). The van der Waals surface area contributed by atoms with Gasteiger partial charge in [-0.1, -0.05) is 11.6 Å². The number of hydrogen-bond donors (Lipinski definition) is 0. The van der Waals surface area contributed by atoms with E-state index >= 15 is 0 Å². The molecule has 154 valence electrons. The number of methoxy groups -OCH3 is 1. The molecular formula is C25H19ClN2O2S. The molecule has 0 saturated heterocycles. The van der Waals surface area contributed by atoms with Gasteiger partial charge in [0.25, 0.3) is 0 Å². The molecule has 0 bridgehead atoms. The van der Waals surface area contributed by atoms with Gasteiger partial charge in [0.15, 0.2) is 0 Å². The van der Waals surface area contributed by atoms with Gasteiger partial charge < -0.3 is 9.15 Å². The maximum Gasteiger partial charge on any atom is 0.137 e. The minimum Gasteiger partial charge on any atom is -0.497 e. The lowest BCUT2D eigenvalue weighted by Gasteiger charge is -2.09. The van der Waals surface area contributed by atoms with E-state index in [1.807, 2.05) is 48.5 Å². The van der Waals surface area contributed by atoms with Crippen molar-refractivity contribution in [1.82, 2.24) is 0 Å². The van der Waals surface area contributed by atoms with Crippen molar-refractivity contribution in [3.8, 4) is 23.1 Å². The van der Waals surface area contributed by atoms with Gasteiger partial charge in [0.1, 0.15) is 28.2 Å². The van der Waals surface area contributed by atoms with Gasteiger partial charge in [0.2, 0.25) is 0 Å². The maximum atomic E-state index is 9.84. The lowest BCUT2D eigenvalue weighted by molar-refractivity contribution is 0.415. The Kier molecular flexibility index (Phi) is 5.27. The normalized spacial score (nSPS) is 13.8. The summed E-state index contributed by atoms with van der Waals surface area (Å²) in [6, 6.07) is 17.5. The molecule has 4 aromatic rings. The van der Waals surface area contributed by atoms with Crippen molar-refractivity contribution in [1.29, 1.82) is 5.26 Å². The van der Waals surface area contributed by atoms with Crippen molar-refractivity contribution < 1.29 is 9.15 Å². The van der Waals surface area contributed by atoms with E-state index in [0.717, 1.165) is 46.3 Å². The van der Waals surface area contributed by atoms with Crippen LogP contribution in [0.25, 0.3) is 22.3 Å². The first-order valence-corrected chi connectivity index (χ1v) is 11.3. The van der Waals surface area contributed by atoms with Crippen molar-refractivity contribution in [3.05, 3.63) is 74.9 Å². The molecule has 1 aliphatic carbocycles. The van der Waals surface area contributed by atoms with Gasteiger partial charge in [0.05, 0.1) is 18.0 Å². The predicted octanol–water partition coefficient (Wildman–Crippen LogP) is 6.81. The lowest BCUT2D eigenvalue weighted by Crippen LogP contribution is -2.03. The summed E-state index contributed by atoms with van der Waals surface area (Å²) in [5.74, 6) is 1.41. The van der Waals surface area contributed by atoms with Crippen LogP contribution in [0.2, 0.25) is 5.02 Å². The summed E-state index contributed by atoms with van der Waals surface area (Å²) >= 11 is 7.69. The third-order valence-electron chi connectivity index (χ3n) is 5.57. The van der Waals surface area contributed by atoms with Crippen LogP contribution in [0.15, 0.2) is 57.9 Å². The van der Waals surface area contributed by atoms with Gasteiger partial charge in [0, 0.05) is 26.9 Å². The average molecular weight is 447 g/mol. The van der Waals surface area contributed by atoms with Gasteiger partial charge in [-0.05, 0) is 73.7 Å². The number of nitrogens with zero attached hydrogens (tertiary/aromatic N) is 2. The first-order valence-electron chi connectivity index (χ1n) is 10.1. The summed E-state index contributed by atoms with van der Waals surface area (Å²) in [6.07, 6.45) is 4.28. The first-order chi connectivity index (χ1) is 15.2. The fraction of sp³-hybridized carbons (Fsp3) is 0.200. The van der Waals surface area contributed by atoms with E-state index in [2.05, 4.69) is 6.07 Å².